The van der Waals surface area contributed by atoms with Gasteiger partial charge in [0.15, 0.2) is 0 Å². The number of nitrogens with zero attached hydrogens (tertiary/aromatic N) is 10. The van der Waals surface area contributed by atoms with Crippen molar-refractivity contribution in [1.29, 1.82) is 0 Å². The molecule has 0 bridgehead atoms. The molecule has 0 unspecified atom stereocenters. The molecule has 1 amide bonds. The molecule has 6 aromatic rings. The summed E-state index contributed by atoms with van der Waals surface area (Å²) in [5, 5.41) is 0.582. The Hall–Kier alpha value is -7.19. The summed E-state index contributed by atoms with van der Waals surface area (Å²) in [4.78, 5) is 82.6. The van der Waals surface area contributed by atoms with E-state index in [4.69, 9.17) is 18.9 Å². The highest BCUT2D eigenvalue weighted by atomic mass is 19.1. The molecule has 0 radical (unpaired) electrons. The van der Waals surface area contributed by atoms with Crippen LogP contribution in [0.2, 0.25) is 0 Å². The molecule has 10 heterocycles. The summed E-state index contributed by atoms with van der Waals surface area (Å²) in [7, 11) is 1.31. The van der Waals surface area contributed by atoms with Gasteiger partial charge in [0, 0.05) is 38.6 Å². The number of aromatic amines is 1. The third kappa shape index (κ3) is 8.31. The molecule has 21 heteroatoms. The van der Waals surface area contributed by atoms with E-state index in [2.05, 4.69) is 29.9 Å². The summed E-state index contributed by atoms with van der Waals surface area (Å²) in [6, 6.07) is 3.18. The maximum Gasteiger partial charge on any atom is 0.410 e. The molecule has 10 rings (SSSR count). The third-order valence-corrected chi connectivity index (χ3v) is 13.0. The lowest BCUT2D eigenvalue weighted by Crippen LogP contribution is -2.57. The quantitative estimate of drug-likeness (QED) is 0.200. The van der Waals surface area contributed by atoms with E-state index in [1.54, 1.807) is 29.4 Å². The number of ether oxygens (including phenoxy) is 4. The zero-order valence-corrected chi connectivity index (χ0v) is 41.0. The van der Waals surface area contributed by atoms with E-state index in [1.165, 1.54) is 16.2 Å². The van der Waals surface area contributed by atoms with Crippen molar-refractivity contribution in [2.24, 2.45) is 0 Å². The largest absolute Gasteiger partial charge is 0.479 e. The number of H-pyrrole nitrogens is 1. The molecule has 0 spiro atoms. The first kappa shape index (κ1) is 47.9. The van der Waals surface area contributed by atoms with Crippen LogP contribution in [0, 0.1) is 25.5 Å². The van der Waals surface area contributed by atoms with Crippen LogP contribution in [0.1, 0.15) is 102 Å². The Bertz CT molecular complexity index is 3260. The second-order valence-electron chi connectivity index (χ2n) is 19.7. The van der Waals surface area contributed by atoms with E-state index in [0.717, 1.165) is 30.4 Å². The molecule has 370 valence electrons. The number of hydrogen-bond acceptors (Lipinski definition) is 15. The summed E-state index contributed by atoms with van der Waals surface area (Å²) in [5.41, 5.74) is 0.633. The Morgan fingerprint density at radius 1 is 0.771 bits per heavy atom. The molecule has 0 saturated carbocycles. The number of nitrogens with one attached hydrogen (secondary N) is 1. The molecule has 0 aromatic carbocycles. The lowest BCUT2D eigenvalue weighted by Gasteiger charge is -2.41. The van der Waals surface area contributed by atoms with Gasteiger partial charge in [0.05, 0.1) is 42.0 Å². The molecule has 6 aromatic heterocycles. The summed E-state index contributed by atoms with van der Waals surface area (Å²) >= 11 is 0. The number of anilines is 2. The maximum absolute atomic E-state index is 16.1. The minimum atomic E-state index is -1.03. The predicted octanol–water partition coefficient (Wildman–Crippen LogP) is 6.36. The van der Waals surface area contributed by atoms with Crippen LogP contribution in [0.4, 0.5) is 25.2 Å². The van der Waals surface area contributed by atoms with Crippen LogP contribution in [0.25, 0.3) is 33.2 Å². The van der Waals surface area contributed by atoms with Gasteiger partial charge in [-0.25, -0.2) is 14.4 Å². The molecule has 70 heavy (non-hydrogen) atoms. The van der Waals surface area contributed by atoms with Crippen LogP contribution in [-0.4, -0.2) is 114 Å². The van der Waals surface area contributed by atoms with Crippen LogP contribution in [0.15, 0.2) is 38.9 Å². The van der Waals surface area contributed by atoms with Crippen LogP contribution in [0.5, 0.6) is 17.6 Å². The fraction of sp³-hybridized carbons (Fsp3) is 0.490. The monoisotopic (exact) mass is 965 g/mol. The fourth-order valence-corrected chi connectivity index (χ4v) is 9.79. The lowest BCUT2D eigenvalue weighted by molar-refractivity contribution is 0.0201. The van der Waals surface area contributed by atoms with Crippen molar-refractivity contribution < 1.29 is 32.5 Å². The van der Waals surface area contributed by atoms with Crippen molar-refractivity contribution in [3.8, 4) is 29.0 Å². The van der Waals surface area contributed by atoms with Gasteiger partial charge in [-0.3, -0.25) is 28.9 Å². The Kier molecular flexibility index (Phi) is 12.5. The van der Waals surface area contributed by atoms with E-state index < -0.39 is 40.3 Å². The molecule has 2 fully saturated rings. The van der Waals surface area contributed by atoms with Crippen molar-refractivity contribution in [3.63, 3.8) is 0 Å². The number of aromatic nitrogens is 8. The van der Waals surface area contributed by atoms with Gasteiger partial charge in [-0.1, -0.05) is 27.7 Å². The van der Waals surface area contributed by atoms with Gasteiger partial charge < -0.3 is 33.6 Å². The van der Waals surface area contributed by atoms with Gasteiger partial charge in [0.25, 0.3) is 11.4 Å². The highest BCUT2D eigenvalue weighted by Gasteiger charge is 2.39. The van der Waals surface area contributed by atoms with Gasteiger partial charge in [0.2, 0.25) is 23.4 Å². The van der Waals surface area contributed by atoms with Crippen LogP contribution < -0.4 is 40.9 Å². The van der Waals surface area contributed by atoms with E-state index in [9.17, 15) is 19.2 Å². The normalized spacial score (nSPS) is 17.5. The summed E-state index contributed by atoms with van der Waals surface area (Å²) in [6.07, 6.45) is 5.76. The van der Waals surface area contributed by atoms with Gasteiger partial charge in [-0.2, -0.15) is 23.7 Å². The highest BCUT2D eigenvalue weighted by molar-refractivity contribution is 5.97. The number of piperazine rings is 1. The van der Waals surface area contributed by atoms with Crippen molar-refractivity contribution in [1.82, 2.24) is 43.9 Å². The number of rotatable bonds is 5. The molecule has 19 nitrogen and oxygen atoms in total. The number of aryl methyl sites for hydroxylation is 2. The van der Waals surface area contributed by atoms with Gasteiger partial charge in [-0.15, -0.1) is 0 Å². The molecular formula is C49H57F2N11O8. The van der Waals surface area contributed by atoms with Crippen molar-refractivity contribution >= 4 is 39.5 Å². The average Bonchev–Trinajstić information content (AvgIpc) is 3.56. The number of carbonyl (C=O) groups is 1. The number of fused-ring (bicyclic) bond motifs is 4. The topological polar surface area (TPSA) is 205 Å². The Labute approximate surface area is 401 Å². The number of carbonyl (C=O) groups excluding carboxylic acids is 1. The number of methoxy groups -OCH3 is 1. The third-order valence-electron chi connectivity index (χ3n) is 13.0. The van der Waals surface area contributed by atoms with E-state index >= 15 is 8.78 Å². The van der Waals surface area contributed by atoms with Gasteiger partial charge >= 0.3 is 17.5 Å². The number of halogens is 2. The lowest BCUT2D eigenvalue weighted by atomic mass is 10.0. The highest BCUT2D eigenvalue weighted by Crippen LogP contribution is 2.42. The molecule has 4 aliphatic heterocycles. The molecular weight excluding hydrogens is 909 g/mol. The SMILES string of the molecule is COc1nc2c3c(nc(=O)n(-c4c(C)ccnc4C(C)C)c3c1F)N1CCN(C(=O)OC(C)(C)C)C[C@@H]1CO2.Cc1ccnc(C(C)C)c1-n1c(=O)nc2c3c([nH]c(=O)c(F)c31)OC[C@H]1CCCCN21. The minimum Gasteiger partial charge on any atom is -0.479 e. The second-order valence-corrected chi connectivity index (χ2v) is 19.7. The standard InChI is InChI=1S/C27H33FN6O5.C22H24FN5O3/c1-14(2)19-20(15(3)8-9-29-19)34-21-17-22(30-25(34)35)33-11-10-32(26(36)39-27(4,5)6)12-16(33)13-38-23(17)31-24(37-7)18(21)28;1-11(2)16-17(12(3)7-8-24-16)28-18-14-19(25-22(28)30)27-9-5-4-6-13(27)10-31-21(14)26-20(29)15(18)23/h8-9,14,16H,10-13H2,1-7H3;7-8,11,13H,4-6,9-10H2,1-3H3,(H,26,29)/t16-;13-/m11/s1. The van der Waals surface area contributed by atoms with Gasteiger partial charge in [-0.05, 0) is 89.0 Å². The second kappa shape index (κ2) is 18.3. The summed E-state index contributed by atoms with van der Waals surface area (Å²) in [5.74, 6) is -1.33. The molecule has 2 atom stereocenters. The number of pyridine rings is 4. The molecule has 1 N–H and O–H groups in total. The fourth-order valence-electron chi connectivity index (χ4n) is 9.79. The first-order valence-corrected chi connectivity index (χ1v) is 23.6. The van der Waals surface area contributed by atoms with Crippen molar-refractivity contribution in [2.75, 3.05) is 56.3 Å². The number of hydrogen-bond donors (Lipinski definition) is 1. The zero-order chi connectivity index (χ0) is 50.1. The Morgan fingerprint density at radius 2 is 1.34 bits per heavy atom. The average molecular weight is 966 g/mol. The first-order chi connectivity index (χ1) is 33.3. The number of piperidine rings is 1. The van der Waals surface area contributed by atoms with Crippen LogP contribution in [-0.2, 0) is 4.74 Å². The van der Waals surface area contributed by atoms with Crippen molar-refractivity contribution in [3.05, 3.63) is 90.0 Å². The molecule has 0 aliphatic carbocycles. The van der Waals surface area contributed by atoms with E-state index in [-0.39, 0.29) is 76.9 Å². The van der Waals surface area contributed by atoms with E-state index in [1.807, 2.05) is 72.1 Å². The predicted molar refractivity (Wildman–Crippen MR) is 258 cm³/mol. The zero-order valence-electron chi connectivity index (χ0n) is 41.0. The maximum atomic E-state index is 16.1. The minimum absolute atomic E-state index is 0.0185. The number of amides is 1. The smallest absolute Gasteiger partial charge is 0.410 e. The molecule has 4 aliphatic rings. The summed E-state index contributed by atoms with van der Waals surface area (Å²) < 4.78 is 56.8. The Balaban J connectivity index is 0.000000178. The molecule has 2 saturated heterocycles. The Morgan fingerprint density at radius 3 is 1.93 bits per heavy atom. The van der Waals surface area contributed by atoms with Gasteiger partial charge in [0.1, 0.15) is 52.3 Å². The van der Waals surface area contributed by atoms with Crippen molar-refractivity contribution in [2.45, 2.75) is 111 Å². The van der Waals surface area contributed by atoms with Crippen LogP contribution in [0.3, 0.4) is 0 Å². The van der Waals surface area contributed by atoms with E-state index in [0.29, 0.717) is 60.2 Å². The van der Waals surface area contributed by atoms with Crippen LogP contribution >= 0.6 is 0 Å². The summed E-state index contributed by atoms with van der Waals surface area (Å²) in [6.45, 7) is 19.0. The first-order valence-electron chi connectivity index (χ1n) is 23.6.